The summed E-state index contributed by atoms with van der Waals surface area (Å²) >= 11 is 1.47. The fraction of sp³-hybridized carbons (Fsp3) is 0.276. The first kappa shape index (κ1) is 24.1. The fourth-order valence-corrected chi connectivity index (χ4v) is 5.52. The maximum Gasteiger partial charge on any atom is 0.233 e. The molecule has 0 bridgehead atoms. The number of aromatic nitrogens is 3. The third-order valence-corrected chi connectivity index (χ3v) is 7.49. The number of nitrogens with zero attached hydrogens (tertiary/aromatic N) is 5. The van der Waals surface area contributed by atoms with Crippen molar-refractivity contribution in [2.45, 2.75) is 25.4 Å². The van der Waals surface area contributed by atoms with Gasteiger partial charge in [-0.05, 0) is 43.2 Å². The molecule has 2 heterocycles. The molecule has 0 aliphatic carbocycles. The van der Waals surface area contributed by atoms with E-state index in [1.165, 1.54) is 28.6 Å². The van der Waals surface area contributed by atoms with Crippen LogP contribution in [0.2, 0.25) is 0 Å². The van der Waals surface area contributed by atoms with Crippen molar-refractivity contribution in [1.82, 2.24) is 19.7 Å². The van der Waals surface area contributed by atoms with E-state index in [4.69, 9.17) is 0 Å². The van der Waals surface area contributed by atoms with Crippen molar-refractivity contribution in [3.63, 3.8) is 0 Å². The molecule has 3 aromatic carbocycles. The smallest absolute Gasteiger partial charge is 0.233 e. The van der Waals surface area contributed by atoms with Crippen molar-refractivity contribution in [3.8, 4) is 5.69 Å². The molecule has 0 unspecified atom stereocenters. The second-order valence-corrected chi connectivity index (χ2v) is 10.1. The van der Waals surface area contributed by atoms with Crippen LogP contribution in [0, 0.1) is 13.8 Å². The standard InChI is InChI=1S/C29H31N5OS/c1-22-13-14-26(23(2)19-22)34-27(20-24-9-5-3-6-10-24)30-31-29(34)36-21-28(35)33-17-15-32(16-18-33)25-11-7-4-8-12-25/h3-14,19H,15-18,20-21H2,1-2H3. The predicted octanol–water partition coefficient (Wildman–Crippen LogP) is 4.92. The molecule has 7 heteroatoms. The Hall–Kier alpha value is -3.58. The van der Waals surface area contributed by atoms with Crippen LogP contribution in [0.4, 0.5) is 5.69 Å². The summed E-state index contributed by atoms with van der Waals surface area (Å²) in [6, 6.07) is 27.1. The number of anilines is 1. The van der Waals surface area contributed by atoms with E-state index in [1.54, 1.807) is 0 Å². The van der Waals surface area contributed by atoms with Crippen LogP contribution in [0.5, 0.6) is 0 Å². The maximum atomic E-state index is 13.1. The van der Waals surface area contributed by atoms with E-state index in [1.807, 2.05) is 29.2 Å². The van der Waals surface area contributed by atoms with Crippen LogP contribution in [-0.4, -0.2) is 57.5 Å². The monoisotopic (exact) mass is 497 g/mol. The van der Waals surface area contributed by atoms with Crippen molar-refractivity contribution < 1.29 is 4.79 Å². The predicted molar refractivity (Wildman–Crippen MR) is 146 cm³/mol. The van der Waals surface area contributed by atoms with E-state index in [2.05, 4.69) is 88.1 Å². The Morgan fingerprint density at radius 1 is 0.861 bits per heavy atom. The number of benzene rings is 3. The topological polar surface area (TPSA) is 54.3 Å². The van der Waals surface area contributed by atoms with E-state index >= 15 is 0 Å². The van der Waals surface area contributed by atoms with Gasteiger partial charge in [0.2, 0.25) is 5.91 Å². The van der Waals surface area contributed by atoms with Crippen molar-refractivity contribution in [3.05, 3.63) is 101 Å². The zero-order valence-corrected chi connectivity index (χ0v) is 21.6. The maximum absolute atomic E-state index is 13.1. The van der Waals surface area contributed by atoms with E-state index in [0.717, 1.165) is 48.4 Å². The largest absolute Gasteiger partial charge is 0.368 e. The lowest BCUT2D eigenvalue weighted by atomic mass is 10.1. The normalized spacial score (nSPS) is 13.7. The average Bonchev–Trinajstić information content (AvgIpc) is 3.30. The molecule has 184 valence electrons. The zero-order chi connectivity index (χ0) is 24.9. The summed E-state index contributed by atoms with van der Waals surface area (Å²) in [4.78, 5) is 17.4. The Labute approximate surface area is 217 Å². The number of amides is 1. The quantitative estimate of drug-likeness (QED) is 0.340. The molecule has 1 aliphatic rings. The molecule has 0 saturated carbocycles. The van der Waals surface area contributed by atoms with Crippen molar-refractivity contribution in [2.24, 2.45) is 0 Å². The minimum absolute atomic E-state index is 0.146. The lowest BCUT2D eigenvalue weighted by molar-refractivity contribution is -0.128. The molecule has 4 aromatic rings. The number of hydrogen-bond acceptors (Lipinski definition) is 5. The van der Waals surface area contributed by atoms with Crippen molar-refractivity contribution in [1.29, 1.82) is 0 Å². The van der Waals surface area contributed by atoms with Crippen LogP contribution in [0.15, 0.2) is 84.0 Å². The molecule has 1 aromatic heterocycles. The summed E-state index contributed by atoms with van der Waals surface area (Å²) in [5.74, 6) is 1.37. The highest BCUT2D eigenvalue weighted by Gasteiger charge is 2.23. The molecule has 5 rings (SSSR count). The number of aryl methyl sites for hydroxylation is 2. The van der Waals surface area contributed by atoms with Crippen LogP contribution in [0.1, 0.15) is 22.5 Å². The van der Waals surface area contributed by atoms with Gasteiger partial charge in [-0.15, -0.1) is 10.2 Å². The number of rotatable bonds is 7. The van der Waals surface area contributed by atoms with E-state index in [-0.39, 0.29) is 5.91 Å². The zero-order valence-electron chi connectivity index (χ0n) is 20.8. The molecule has 1 saturated heterocycles. The summed E-state index contributed by atoms with van der Waals surface area (Å²) in [5, 5.41) is 9.82. The van der Waals surface area contributed by atoms with Gasteiger partial charge < -0.3 is 9.80 Å². The summed E-state index contributed by atoms with van der Waals surface area (Å²) < 4.78 is 2.12. The first-order chi connectivity index (χ1) is 17.6. The summed E-state index contributed by atoms with van der Waals surface area (Å²) in [6.45, 7) is 7.37. The Bertz CT molecular complexity index is 1310. The van der Waals surface area contributed by atoms with Crippen LogP contribution in [0.25, 0.3) is 5.69 Å². The number of carbonyl (C=O) groups is 1. The van der Waals surface area contributed by atoms with Gasteiger partial charge in [0.1, 0.15) is 5.82 Å². The van der Waals surface area contributed by atoms with Crippen LogP contribution in [-0.2, 0) is 11.2 Å². The highest BCUT2D eigenvalue weighted by atomic mass is 32.2. The lowest BCUT2D eigenvalue weighted by Gasteiger charge is -2.36. The van der Waals surface area contributed by atoms with Gasteiger partial charge in [-0.25, -0.2) is 0 Å². The third-order valence-electron chi connectivity index (χ3n) is 6.58. The molecule has 0 radical (unpaired) electrons. The number of para-hydroxylation sites is 1. The minimum atomic E-state index is 0.146. The van der Waals surface area contributed by atoms with Crippen LogP contribution in [0.3, 0.4) is 0 Å². The van der Waals surface area contributed by atoms with E-state index in [9.17, 15) is 4.79 Å². The molecule has 1 fully saturated rings. The molecule has 1 amide bonds. The highest BCUT2D eigenvalue weighted by Crippen LogP contribution is 2.27. The molecular weight excluding hydrogens is 466 g/mol. The van der Waals surface area contributed by atoms with Gasteiger partial charge in [0.25, 0.3) is 0 Å². The fourth-order valence-electron chi connectivity index (χ4n) is 4.66. The number of piperazine rings is 1. The molecule has 1 aliphatic heterocycles. The molecular formula is C29H31N5OS. The average molecular weight is 498 g/mol. The number of carbonyl (C=O) groups excluding carboxylic acids is 1. The van der Waals surface area contributed by atoms with E-state index in [0.29, 0.717) is 12.2 Å². The SMILES string of the molecule is Cc1ccc(-n2c(Cc3ccccc3)nnc2SCC(=O)N2CCN(c3ccccc3)CC2)c(C)c1. The Kier molecular flexibility index (Phi) is 7.37. The highest BCUT2D eigenvalue weighted by molar-refractivity contribution is 7.99. The molecule has 0 atom stereocenters. The Morgan fingerprint density at radius 3 is 2.25 bits per heavy atom. The van der Waals surface area contributed by atoms with Crippen molar-refractivity contribution in [2.75, 3.05) is 36.8 Å². The van der Waals surface area contributed by atoms with Crippen molar-refractivity contribution >= 4 is 23.4 Å². The van der Waals surface area contributed by atoms with Gasteiger partial charge in [0.05, 0.1) is 11.4 Å². The number of hydrogen-bond donors (Lipinski definition) is 0. The third kappa shape index (κ3) is 5.46. The van der Waals surface area contributed by atoms with Gasteiger partial charge in [-0.2, -0.15) is 0 Å². The minimum Gasteiger partial charge on any atom is -0.368 e. The molecule has 0 N–H and O–H groups in total. The van der Waals surface area contributed by atoms with E-state index < -0.39 is 0 Å². The van der Waals surface area contributed by atoms with Crippen LogP contribution >= 0.6 is 11.8 Å². The lowest BCUT2D eigenvalue weighted by Crippen LogP contribution is -2.49. The molecule has 0 spiro atoms. The Morgan fingerprint density at radius 2 is 1.56 bits per heavy atom. The first-order valence-corrected chi connectivity index (χ1v) is 13.3. The van der Waals surface area contributed by atoms with Gasteiger partial charge in [-0.1, -0.05) is 78.0 Å². The van der Waals surface area contributed by atoms with Gasteiger partial charge in [-0.3, -0.25) is 9.36 Å². The first-order valence-electron chi connectivity index (χ1n) is 12.3. The molecule has 6 nitrogen and oxygen atoms in total. The van der Waals surface area contributed by atoms with Gasteiger partial charge >= 0.3 is 0 Å². The van der Waals surface area contributed by atoms with Gasteiger partial charge in [0.15, 0.2) is 5.16 Å². The molecule has 36 heavy (non-hydrogen) atoms. The summed E-state index contributed by atoms with van der Waals surface area (Å²) in [5.41, 5.74) is 5.83. The summed E-state index contributed by atoms with van der Waals surface area (Å²) in [6.07, 6.45) is 0.678. The number of thioether (sulfide) groups is 1. The Balaban J connectivity index is 1.30. The second kappa shape index (κ2) is 11.0. The summed E-state index contributed by atoms with van der Waals surface area (Å²) in [7, 11) is 0. The van der Waals surface area contributed by atoms with Gasteiger partial charge in [0, 0.05) is 38.3 Å². The van der Waals surface area contributed by atoms with Crippen LogP contribution < -0.4 is 4.90 Å². The second-order valence-electron chi connectivity index (χ2n) is 9.18.